The highest BCUT2D eigenvalue weighted by Gasteiger charge is 2.23. The fourth-order valence-corrected chi connectivity index (χ4v) is 4.44. The number of nitro groups is 1. The molecule has 0 aliphatic rings. The summed E-state index contributed by atoms with van der Waals surface area (Å²) in [4.78, 5) is 35.2. The minimum Gasteiger partial charge on any atom is -0.495 e. The molecule has 0 bridgehead atoms. The van der Waals surface area contributed by atoms with Crippen molar-refractivity contribution in [2.45, 2.75) is 17.9 Å². The topological polar surface area (TPSA) is 154 Å². The molecule has 0 saturated carbocycles. The first-order valence-corrected chi connectivity index (χ1v) is 12.6. The molecule has 0 aliphatic carbocycles. The minimum absolute atomic E-state index is 0.0409. The van der Waals surface area contributed by atoms with Crippen LogP contribution in [0.2, 0.25) is 10.0 Å². The van der Waals surface area contributed by atoms with Crippen molar-refractivity contribution < 1.29 is 32.4 Å². The predicted molar refractivity (Wildman–Crippen MR) is 137 cm³/mol. The highest BCUT2D eigenvalue weighted by Crippen LogP contribution is 2.30. The maximum atomic E-state index is 12.9. The molecule has 3 aromatic carbocycles. The van der Waals surface area contributed by atoms with Gasteiger partial charge < -0.3 is 14.8 Å². The number of carbonyl (C=O) groups is 2. The average Bonchev–Trinajstić information content (AvgIpc) is 2.85. The van der Waals surface area contributed by atoms with Crippen LogP contribution < -0.4 is 14.8 Å². The Kier molecular flexibility index (Phi) is 8.58. The smallest absolute Gasteiger partial charge is 0.338 e. The average molecular weight is 568 g/mol. The van der Waals surface area contributed by atoms with Crippen molar-refractivity contribution in [1.29, 1.82) is 0 Å². The standard InChI is InChI=1S/C23H19Cl2N3O8S/c1-13(22(29)26-19-12-16(28(31)32)7-8-18(19)25)36-23(30)14-4-3-5-17(10-14)37(33,34)27-20-11-15(24)6-9-21(20)35-2/h3-13,27H,1-2H3,(H,26,29). The van der Waals surface area contributed by atoms with Crippen LogP contribution in [0, 0.1) is 10.1 Å². The third kappa shape index (κ3) is 6.88. The maximum absolute atomic E-state index is 12.9. The van der Waals surface area contributed by atoms with Gasteiger partial charge in [-0.1, -0.05) is 29.3 Å². The first-order valence-electron chi connectivity index (χ1n) is 10.3. The number of halogens is 2. The summed E-state index contributed by atoms with van der Waals surface area (Å²) >= 11 is 11.9. The molecule has 0 fully saturated rings. The van der Waals surface area contributed by atoms with Crippen LogP contribution in [-0.2, 0) is 19.6 Å². The Balaban J connectivity index is 1.74. The van der Waals surface area contributed by atoms with Crippen LogP contribution in [0.3, 0.4) is 0 Å². The zero-order valence-electron chi connectivity index (χ0n) is 19.2. The van der Waals surface area contributed by atoms with Crippen molar-refractivity contribution in [3.8, 4) is 5.75 Å². The number of carbonyl (C=O) groups excluding carboxylic acids is 2. The zero-order valence-corrected chi connectivity index (χ0v) is 21.6. The molecule has 0 saturated heterocycles. The number of hydrogen-bond donors (Lipinski definition) is 2. The van der Waals surface area contributed by atoms with E-state index in [9.17, 15) is 28.1 Å². The number of esters is 1. The number of sulfonamides is 1. The summed E-state index contributed by atoms with van der Waals surface area (Å²) in [7, 11) is -2.80. The molecule has 14 heteroatoms. The quantitative estimate of drug-likeness (QED) is 0.210. The molecule has 3 aromatic rings. The van der Waals surface area contributed by atoms with E-state index in [1.165, 1.54) is 62.6 Å². The van der Waals surface area contributed by atoms with E-state index in [-0.39, 0.29) is 43.3 Å². The molecule has 0 spiro atoms. The molecule has 3 rings (SSSR count). The summed E-state index contributed by atoms with van der Waals surface area (Å²) in [5, 5.41) is 13.6. The third-order valence-electron chi connectivity index (χ3n) is 4.86. The molecular weight excluding hydrogens is 549 g/mol. The van der Waals surface area contributed by atoms with Gasteiger partial charge in [-0.25, -0.2) is 13.2 Å². The van der Waals surface area contributed by atoms with Gasteiger partial charge in [-0.15, -0.1) is 0 Å². The lowest BCUT2D eigenvalue weighted by Gasteiger charge is -2.15. The van der Waals surface area contributed by atoms with Crippen LogP contribution in [0.15, 0.2) is 65.6 Å². The summed E-state index contributed by atoms with van der Waals surface area (Å²) in [6.45, 7) is 1.27. The van der Waals surface area contributed by atoms with Gasteiger partial charge in [-0.3, -0.25) is 19.6 Å². The summed E-state index contributed by atoms with van der Waals surface area (Å²) in [5.41, 5.74) is -0.396. The second-order valence-electron chi connectivity index (χ2n) is 7.44. The third-order valence-corrected chi connectivity index (χ3v) is 6.79. The van der Waals surface area contributed by atoms with E-state index < -0.39 is 32.9 Å². The Morgan fingerprint density at radius 2 is 1.76 bits per heavy atom. The number of methoxy groups -OCH3 is 1. The molecule has 2 N–H and O–H groups in total. The number of amides is 1. The predicted octanol–water partition coefficient (Wildman–Crippen LogP) is 4.90. The first kappa shape index (κ1) is 27.7. The number of nitrogens with one attached hydrogen (secondary N) is 2. The molecular formula is C23H19Cl2N3O8S. The van der Waals surface area contributed by atoms with Crippen LogP contribution in [-0.4, -0.2) is 38.4 Å². The number of benzene rings is 3. The van der Waals surface area contributed by atoms with Crippen molar-refractivity contribution in [1.82, 2.24) is 0 Å². The van der Waals surface area contributed by atoms with Gasteiger partial charge in [0.05, 0.1) is 38.9 Å². The van der Waals surface area contributed by atoms with Crippen molar-refractivity contribution >= 4 is 62.2 Å². The second kappa shape index (κ2) is 11.5. The van der Waals surface area contributed by atoms with Crippen LogP contribution in [0.25, 0.3) is 0 Å². The number of non-ortho nitro benzene ring substituents is 1. The molecule has 0 heterocycles. The monoisotopic (exact) mass is 567 g/mol. The van der Waals surface area contributed by atoms with E-state index in [4.69, 9.17) is 32.7 Å². The van der Waals surface area contributed by atoms with Crippen LogP contribution >= 0.6 is 23.2 Å². The molecule has 0 aromatic heterocycles. The number of anilines is 2. The van der Waals surface area contributed by atoms with Gasteiger partial charge in [0.15, 0.2) is 6.10 Å². The molecule has 1 amide bonds. The Morgan fingerprint density at radius 3 is 2.43 bits per heavy atom. The molecule has 0 aliphatic heterocycles. The van der Waals surface area contributed by atoms with E-state index in [2.05, 4.69) is 10.0 Å². The van der Waals surface area contributed by atoms with Crippen LogP contribution in [0.1, 0.15) is 17.3 Å². The van der Waals surface area contributed by atoms with E-state index >= 15 is 0 Å². The normalized spacial score (nSPS) is 11.8. The molecule has 1 atom stereocenters. The lowest BCUT2D eigenvalue weighted by atomic mass is 10.2. The van der Waals surface area contributed by atoms with Gasteiger partial charge in [0.25, 0.3) is 21.6 Å². The van der Waals surface area contributed by atoms with Gasteiger partial charge in [-0.2, -0.15) is 0 Å². The highest BCUT2D eigenvalue weighted by atomic mass is 35.5. The van der Waals surface area contributed by atoms with Crippen molar-refractivity contribution in [2.75, 3.05) is 17.1 Å². The number of nitrogens with zero attached hydrogens (tertiary/aromatic N) is 1. The van der Waals surface area contributed by atoms with E-state index in [0.29, 0.717) is 0 Å². The maximum Gasteiger partial charge on any atom is 0.338 e. The summed E-state index contributed by atoms with van der Waals surface area (Å²) < 4.78 is 38.5. The first-order chi connectivity index (χ1) is 17.4. The van der Waals surface area contributed by atoms with E-state index in [1.807, 2.05) is 0 Å². The fraction of sp³-hybridized carbons (Fsp3) is 0.130. The van der Waals surface area contributed by atoms with Crippen molar-refractivity contribution in [2.24, 2.45) is 0 Å². The molecule has 0 radical (unpaired) electrons. The number of rotatable bonds is 9. The Hall–Kier alpha value is -3.87. The van der Waals surface area contributed by atoms with Gasteiger partial charge in [-0.05, 0) is 49.4 Å². The van der Waals surface area contributed by atoms with Gasteiger partial charge >= 0.3 is 5.97 Å². The molecule has 11 nitrogen and oxygen atoms in total. The SMILES string of the molecule is COc1ccc(Cl)cc1NS(=O)(=O)c1cccc(C(=O)OC(C)C(=O)Nc2cc([N+](=O)[O-])ccc2Cl)c1. The lowest BCUT2D eigenvalue weighted by Crippen LogP contribution is -2.30. The Labute approximate surface area is 221 Å². The van der Waals surface area contributed by atoms with Crippen molar-refractivity contribution in [3.05, 3.63) is 86.4 Å². The summed E-state index contributed by atoms with van der Waals surface area (Å²) in [6.07, 6.45) is -1.35. The number of hydrogen-bond acceptors (Lipinski definition) is 8. The minimum atomic E-state index is -4.17. The van der Waals surface area contributed by atoms with Crippen molar-refractivity contribution in [3.63, 3.8) is 0 Å². The lowest BCUT2D eigenvalue weighted by molar-refractivity contribution is -0.384. The largest absolute Gasteiger partial charge is 0.495 e. The summed E-state index contributed by atoms with van der Waals surface area (Å²) in [6, 6.07) is 12.8. The second-order valence-corrected chi connectivity index (χ2v) is 9.96. The zero-order chi connectivity index (χ0) is 27.3. The van der Waals surface area contributed by atoms with E-state index in [0.717, 1.165) is 12.1 Å². The van der Waals surface area contributed by atoms with Crippen LogP contribution in [0.5, 0.6) is 5.75 Å². The Morgan fingerprint density at radius 1 is 1.03 bits per heavy atom. The van der Waals surface area contributed by atoms with Gasteiger partial charge in [0.1, 0.15) is 5.75 Å². The summed E-state index contributed by atoms with van der Waals surface area (Å²) in [5.74, 6) is -1.56. The van der Waals surface area contributed by atoms with Crippen LogP contribution in [0.4, 0.5) is 17.1 Å². The Bertz CT molecular complexity index is 1480. The molecule has 194 valence electrons. The van der Waals surface area contributed by atoms with E-state index in [1.54, 1.807) is 0 Å². The highest BCUT2D eigenvalue weighted by molar-refractivity contribution is 7.92. The number of nitro benzene ring substituents is 1. The number of ether oxygens (including phenoxy) is 2. The van der Waals surface area contributed by atoms with Gasteiger partial charge in [0, 0.05) is 17.2 Å². The molecule has 1 unspecified atom stereocenters. The fourth-order valence-electron chi connectivity index (χ4n) is 2.99. The van der Waals surface area contributed by atoms with Gasteiger partial charge in [0.2, 0.25) is 0 Å². The molecule has 37 heavy (non-hydrogen) atoms.